The van der Waals surface area contributed by atoms with E-state index in [-0.39, 0.29) is 11.8 Å². The molecule has 156 valence electrons. The van der Waals surface area contributed by atoms with E-state index in [0.29, 0.717) is 18.0 Å². The molecule has 0 unspecified atom stereocenters. The van der Waals surface area contributed by atoms with Gasteiger partial charge in [0.1, 0.15) is 11.7 Å². The van der Waals surface area contributed by atoms with E-state index in [2.05, 4.69) is 0 Å². The van der Waals surface area contributed by atoms with E-state index in [9.17, 15) is 9.59 Å². The van der Waals surface area contributed by atoms with E-state index in [1.165, 1.54) is 4.90 Å². The largest absolute Gasteiger partial charge is 0.494 e. The van der Waals surface area contributed by atoms with Gasteiger partial charge in [0, 0.05) is 5.56 Å². The highest BCUT2D eigenvalue weighted by Gasteiger charge is 2.60. The fourth-order valence-electron chi connectivity index (χ4n) is 4.37. The van der Waals surface area contributed by atoms with Crippen molar-refractivity contribution in [3.63, 3.8) is 0 Å². The first-order valence-corrected chi connectivity index (χ1v) is 10.4. The fourth-order valence-corrected chi connectivity index (χ4v) is 4.37. The van der Waals surface area contributed by atoms with Gasteiger partial charge in [0.25, 0.3) is 5.91 Å². The molecule has 2 aliphatic heterocycles. The Morgan fingerprint density at radius 3 is 2.10 bits per heavy atom. The monoisotopic (exact) mass is 414 g/mol. The summed E-state index contributed by atoms with van der Waals surface area (Å²) in [5.74, 6) is -0.623. The van der Waals surface area contributed by atoms with Gasteiger partial charge in [0.2, 0.25) is 5.91 Å². The van der Waals surface area contributed by atoms with Crippen molar-refractivity contribution in [1.29, 1.82) is 0 Å². The van der Waals surface area contributed by atoms with E-state index >= 15 is 0 Å². The Labute approximate surface area is 180 Å². The van der Waals surface area contributed by atoms with Crippen molar-refractivity contribution in [3.05, 3.63) is 90.5 Å². The maximum Gasteiger partial charge on any atom is 0.266 e. The molecule has 2 aliphatic rings. The lowest BCUT2D eigenvalue weighted by molar-refractivity contribution is -0.126. The molecule has 31 heavy (non-hydrogen) atoms. The first-order chi connectivity index (χ1) is 15.2. The molecule has 6 heteroatoms. The maximum absolute atomic E-state index is 13.6. The van der Waals surface area contributed by atoms with Gasteiger partial charge in [-0.05, 0) is 37.3 Å². The maximum atomic E-state index is 13.6. The number of hydrogen-bond donors (Lipinski definition) is 0. The first-order valence-electron chi connectivity index (χ1n) is 10.4. The number of amides is 2. The third kappa shape index (κ3) is 3.16. The quantitative estimate of drug-likeness (QED) is 0.588. The Balaban J connectivity index is 1.62. The molecule has 0 radical (unpaired) electrons. The van der Waals surface area contributed by atoms with Crippen molar-refractivity contribution in [3.8, 4) is 5.75 Å². The molecule has 0 bridgehead atoms. The molecule has 2 heterocycles. The van der Waals surface area contributed by atoms with Crippen LogP contribution in [0.1, 0.15) is 18.5 Å². The number of para-hydroxylation sites is 3. The number of ether oxygens (including phenoxy) is 1. The number of nitrogens with zero attached hydrogens (tertiary/aromatic N) is 2. The summed E-state index contributed by atoms with van der Waals surface area (Å²) in [4.78, 5) is 34.3. The van der Waals surface area contributed by atoms with Crippen LogP contribution >= 0.6 is 0 Å². The first kappa shape index (κ1) is 19.3. The molecule has 2 fully saturated rings. The number of imide groups is 1. The van der Waals surface area contributed by atoms with Crippen molar-refractivity contribution in [2.75, 3.05) is 16.6 Å². The van der Waals surface area contributed by atoms with Crippen LogP contribution in [0.25, 0.3) is 0 Å². The summed E-state index contributed by atoms with van der Waals surface area (Å²) < 4.78 is 5.86. The van der Waals surface area contributed by atoms with Crippen LogP contribution in [0.3, 0.4) is 0 Å². The van der Waals surface area contributed by atoms with Gasteiger partial charge in [-0.3, -0.25) is 14.4 Å². The highest BCUT2D eigenvalue weighted by atomic mass is 16.7. The molecule has 0 aromatic heterocycles. The van der Waals surface area contributed by atoms with Gasteiger partial charge in [-0.15, -0.1) is 0 Å². The van der Waals surface area contributed by atoms with Crippen molar-refractivity contribution >= 4 is 23.2 Å². The van der Waals surface area contributed by atoms with Gasteiger partial charge in [-0.25, -0.2) is 9.96 Å². The molecule has 5 rings (SSSR count). The van der Waals surface area contributed by atoms with Crippen LogP contribution in [0.15, 0.2) is 84.9 Å². The van der Waals surface area contributed by atoms with Gasteiger partial charge in [-0.2, -0.15) is 0 Å². The van der Waals surface area contributed by atoms with E-state index in [4.69, 9.17) is 9.57 Å². The smallest absolute Gasteiger partial charge is 0.266 e. The van der Waals surface area contributed by atoms with Gasteiger partial charge < -0.3 is 4.74 Å². The molecule has 0 N–H and O–H groups in total. The van der Waals surface area contributed by atoms with E-state index < -0.39 is 18.1 Å². The Morgan fingerprint density at radius 1 is 0.806 bits per heavy atom. The fraction of sp³-hybridized carbons (Fsp3) is 0.200. The van der Waals surface area contributed by atoms with Crippen LogP contribution in [-0.2, 0) is 14.4 Å². The van der Waals surface area contributed by atoms with Crippen LogP contribution < -0.4 is 14.7 Å². The summed E-state index contributed by atoms with van der Waals surface area (Å²) in [5, 5.41) is 1.69. The number of hydrogen-bond acceptors (Lipinski definition) is 5. The van der Waals surface area contributed by atoms with E-state index in [0.717, 1.165) is 11.3 Å². The molecule has 0 spiro atoms. The summed E-state index contributed by atoms with van der Waals surface area (Å²) in [6.45, 7) is 2.41. The van der Waals surface area contributed by atoms with E-state index in [1.54, 1.807) is 17.2 Å². The number of anilines is 2. The summed E-state index contributed by atoms with van der Waals surface area (Å²) in [6, 6.07) is 25.6. The van der Waals surface area contributed by atoms with Crippen molar-refractivity contribution in [2.24, 2.45) is 5.92 Å². The predicted octanol–water partition coefficient (Wildman–Crippen LogP) is 4.14. The van der Waals surface area contributed by atoms with Crippen LogP contribution in [0.5, 0.6) is 5.75 Å². The minimum atomic E-state index is -0.896. The van der Waals surface area contributed by atoms with Crippen molar-refractivity contribution < 1.29 is 19.2 Å². The van der Waals surface area contributed by atoms with Gasteiger partial charge in [0.05, 0.1) is 24.0 Å². The average Bonchev–Trinajstić information content (AvgIpc) is 3.31. The summed E-state index contributed by atoms with van der Waals surface area (Å²) in [5.41, 5.74) is 2.15. The van der Waals surface area contributed by atoms with Gasteiger partial charge >= 0.3 is 0 Å². The lowest BCUT2D eigenvalue weighted by atomic mass is 9.90. The standard InChI is InChI=1S/C25H22N2O4/c1-2-30-20-16-10-9-15-19(20)22-21-23(31-27(22)18-13-7-4-8-14-18)25(29)26(24(21)28)17-11-5-3-6-12-17/h3-16,21-23H,2H2,1H3/t21-,22+,23-/m1/s1. The number of benzene rings is 3. The van der Waals surface area contributed by atoms with E-state index in [1.807, 2.05) is 79.7 Å². The van der Waals surface area contributed by atoms with Gasteiger partial charge in [-0.1, -0.05) is 54.6 Å². The van der Waals surface area contributed by atoms with Crippen molar-refractivity contribution in [2.45, 2.75) is 19.1 Å². The Kier molecular flexibility index (Phi) is 4.92. The molecule has 2 saturated heterocycles. The predicted molar refractivity (Wildman–Crippen MR) is 117 cm³/mol. The molecular formula is C25H22N2O4. The molecule has 3 aromatic rings. The lowest BCUT2D eigenvalue weighted by Crippen LogP contribution is -2.37. The third-order valence-electron chi connectivity index (χ3n) is 5.68. The zero-order valence-corrected chi connectivity index (χ0v) is 17.0. The molecule has 3 aromatic carbocycles. The van der Waals surface area contributed by atoms with Crippen LogP contribution in [0.2, 0.25) is 0 Å². The zero-order chi connectivity index (χ0) is 21.4. The minimum Gasteiger partial charge on any atom is -0.494 e. The lowest BCUT2D eigenvalue weighted by Gasteiger charge is -2.29. The second-order valence-electron chi connectivity index (χ2n) is 7.48. The van der Waals surface area contributed by atoms with Crippen molar-refractivity contribution in [1.82, 2.24) is 0 Å². The normalized spacial score (nSPS) is 22.7. The third-order valence-corrected chi connectivity index (χ3v) is 5.68. The minimum absolute atomic E-state index is 0.268. The second-order valence-corrected chi connectivity index (χ2v) is 7.48. The summed E-state index contributed by atoms with van der Waals surface area (Å²) >= 11 is 0. The highest BCUT2D eigenvalue weighted by molar-refractivity contribution is 6.23. The number of carbonyl (C=O) groups is 2. The molecule has 0 saturated carbocycles. The number of rotatable bonds is 5. The highest BCUT2D eigenvalue weighted by Crippen LogP contribution is 2.49. The Hall–Kier alpha value is -3.64. The second kappa shape index (κ2) is 7.89. The molecule has 0 aliphatic carbocycles. The topological polar surface area (TPSA) is 59.1 Å². The number of carbonyl (C=O) groups excluding carboxylic acids is 2. The summed E-state index contributed by atoms with van der Waals surface area (Å²) in [6.07, 6.45) is -0.896. The molecule has 2 amide bonds. The van der Waals surface area contributed by atoms with Crippen LogP contribution in [0.4, 0.5) is 11.4 Å². The molecule has 6 nitrogen and oxygen atoms in total. The SMILES string of the molecule is CCOc1ccccc1[C@H]1[C@H]2C(=O)N(c3ccccc3)C(=O)[C@@H]2ON1c1ccccc1. The Bertz CT molecular complexity index is 1100. The molecular weight excluding hydrogens is 392 g/mol. The average molecular weight is 414 g/mol. The van der Waals surface area contributed by atoms with Crippen LogP contribution in [-0.4, -0.2) is 24.5 Å². The van der Waals surface area contributed by atoms with Gasteiger partial charge in [0.15, 0.2) is 6.10 Å². The Morgan fingerprint density at radius 2 is 1.42 bits per heavy atom. The number of fused-ring (bicyclic) bond motifs is 1. The summed E-state index contributed by atoms with van der Waals surface area (Å²) in [7, 11) is 0. The number of hydroxylamine groups is 1. The van der Waals surface area contributed by atoms with Crippen LogP contribution in [0, 0.1) is 5.92 Å². The zero-order valence-electron chi connectivity index (χ0n) is 17.0. The molecule has 3 atom stereocenters.